The van der Waals surface area contributed by atoms with E-state index in [0.717, 1.165) is 31.9 Å². The van der Waals surface area contributed by atoms with Crippen LogP contribution in [0.1, 0.15) is 32.4 Å². The van der Waals surface area contributed by atoms with Gasteiger partial charge < -0.3 is 15.4 Å². The van der Waals surface area contributed by atoms with Crippen LogP contribution in [0.2, 0.25) is 0 Å². The molecule has 2 atom stereocenters. The summed E-state index contributed by atoms with van der Waals surface area (Å²) < 4.78 is 5.67. The highest BCUT2D eigenvalue weighted by Crippen LogP contribution is 2.19. The first-order chi connectivity index (χ1) is 9.95. The molecule has 1 aromatic rings. The van der Waals surface area contributed by atoms with Gasteiger partial charge in [-0.2, -0.15) is 0 Å². The predicted molar refractivity (Wildman–Crippen MR) is 87.7 cm³/mol. The van der Waals surface area contributed by atoms with Gasteiger partial charge in [0.15, 0.2) is 0 Å². The summed E-state index contributed by atoms with van der Waals surface area (Å²) in [6, 6.07) is 8.83. The van der Waals surface area contributed by atoms with Gasteiger partial charge in [-0.15, -0.1) is 0 Å². The Morgan fingerprint density at radius 2 is 1.90 bits per heavy atom. The number of hydrogen-bond acceptors (Lipinski definition) is 4. The molecular weight excluding hydrogens is 262 g/mol. The van der Waals surface area contributed by atoms with Crippen LogP contribution in [0.5, 0.6) is 5.75 Å². The summed E-state index contributed by atoms with van der Waals surface area (Å²) in [4.78, 5) is 4.87. The molecule has 1 fully saturated rings. The summed E-state index contributed by atoms with van der Waals surface area (Å²) in [5.74, 6) is 0.911. The first-order valence-electron chi connectivity index (χ1n) is 7.90. The van der Waals surface area contributed by atoms with Crippen LogP contribution in [-0.4, -0.2) is 55.2 Å². The number of hydrogen-bond donors (Lipinski definition) is 1. The predicted octanol–water partition coefficient (Wildman–Crippen LogP) is 2.11. The maximum absolute atomic E-state index is 6.38. The van der Waals surface area contributed by atoms with Crippen molar-refractivity contribution in [2.24, 2.45) is 5.73 Å². The number of nitrogens with two attached hydrogens (primary N) is 1. The van der Waals surface area contributed by atoms with Crippen LogP contribution in [0.15, 0.2) is 24.3 Å². The number of benzene rings is 1. The molecule has 1 aliphatic heterocycles. The van der Waals surface area contributed by atoms with E-state index in [9.17, 15) is 0 Å². The summed E-state index contributed by atoms with van der Waals surface area (Å²) in [5, 5.41) is 0. The highest BCUT2D eigenvalue weighted by Gasteiger charge is 2.23. The SMILES string of the molecule is CC(C)Oc1ccc(C(N)CN2CCN(C)CC2C)cc1. The van der Waals surface area contributed by atoms with Crippen LogP contribution in [0.4, 0.5) is 0 Å². The monoisotopic (exact) mass is 291 g/mol. The lowest BCUT2D eigenvalue weighted by molar-refractivity contribution is 0.0945. The van der Waals surface area contributed by atoms with Gasteiger partial charge in [-0.1, -0.05) is 12.1 Å². The first-order valence-corrected chi connectivity index (χ1v) is 7.90. The van der Waals surface area contributed by atoms with Crippen LogP contribution < -0.4 is 10.5 Å². The summed E-state index contributed by atoms with van der Waals surface area (Å²) in [6.45, 7) is 10.6. The smallest absolute Gasteiger partial charge is 0.119 e. The highest BCUT2D eigenvalue weighted by molar-refractivity contribution is 5.29. The molecule has 2 rings (SSSR count). The Hall–Kier alpha value is -1.10. The van der Waals surface area contributed by atoms with Crippen molar-refractivity contribution in [3.8, 4) is 5.75 Å². The van der Waals surface area contributed by atoms with Crippen molar-refractivity contribution in [3.05, 3.63) is 29.8 Å². The lowest BCUT2D eigenvalue weighted by Crippen LogP contribution is -2.52. The summed E-state index contributed by atoms with van der Waals surface area (Å²) in [6.07, 6.45) is 0.204. The number of ether oxygens (including phenoxy) is 1. The van der Waals surface area contributed by atoms with E-state index in [2.05, 4.69) is 35.9 Å². The Morgan fingerprint density at radius 1 is 1.24 bits per heavy atom. The Bertz CT molecular complexity index is 432. The molecule has 0 radical (unpaired) electrons. The van der Waals surface area contributed by atoms with Crippen molar-refractivity contribution >= 4 is 0 Å². The van der Waals surface area contributed by atoms with Gasteiger partial charge in [-0.3, -0.25) is 4.90 Å². The normalized spacial score (nSPS) is 22.5. The quantitative estimate of drug-likeness (QED) is 0.902. The Kier molecular flexibility index (Phi) is 5.62. The molecule has 0 aromatic heterocycles. The van der Waals surface area contributed by atoms with Crippen LogP contribution in [-0.2, 0) is 0 Å². The molecule has 21 heavy (non-hydrogen) atoms. The third-order valence-electron chi connectivity index (χ3n) is 4.08. The first kappa shape index (κ1) is 16.3. The zero-order valence-corrected chi connectivity index (χ0v) is 13.7. The second kappa shape index (κ2) is 7.25. The minimum absolute atomic E-state index is 0.0592. The third-order valence-corrected chi connectivity index (χ3v) is 4.08. The molecule has 4 nitrogen and oxygen atoms in total. The molecule has 1 aliphatic rings. The van der Waals surface area contributed by atoms with E-state index in [1.165, 1.54) is 5.56 Å². The van der Waals surface area contributed by atoms with Gasteiger partial charge in [0.2, 0.25) is 0 Å². The molecule has 2 unspecified atom stereocenters. The molecule has 0 amide bonds. The molecule has 2 N–H and O–H groups in total. The molecule has 0 spiro atoms. The van der Waals surface area contributed by atoms with E-state index < -0.39 is 0 Å². The van der Waals surface area contributed by atoms with Gasteiger partial charge in [0, 0.05) is 38.3 Å². The van der Waals surface area contributed by atoms with Crippen molar-refractivity contribution in [3.63, 3.8) is 0 Å². The topological polar surface area (TPSA) is 41.7 Å². The van der Waals surface area contributed by atoms with Crippen molar-refractivity contribution in [2.45, 2.75) is 39.0 Å². The zero-order valence-electron chi connectivity index (χ0n) is 13.7. The molecule has 0 bridgehead atoms. The summed E-state index contributed by atoms with van der Waals surface area (Å²) in [7, 11) is 2.18. The molecule has 0 aliphatic carbocycles. The maximum atomic E-state index is 6.38. The highest BCUT2D eigenvalue weighted by atomic mass is 16.5. The largest absolute Gasteiger partial charge is 0.491 e. The summed E-state index contributed by atoms with van der Waals surface area (Å²) >= 11 is 0. The Labute approximate surface area is 128 Å². The van der Waals surface area contributed by atoms with E-state index >= 15 is 0 Å². The van der Waals surface area contributed by atoms with E-state index in [4.69, 9.17) is 10.5 Å². The Balaban J connectivity index is 1.92. The molecule has 118 valence electrons. The van der Waals surface area contributed by atoms with E-state index in [0.29, 0.717) is 6.04 Å². The van der Waals surface area contributed by atoms with Crippen molar-refractivity contribution in [1.82, 2.24) is 9.80 Å². The fourth-order valence-corrected chi connectivity index (χ4v) is 2.87. The van der Waals surface area contributed by atoms with Crippen molar-refractivity contribution < 1.29 is 4.74 Å². The van der Waals surface area contributed by atoms with Crippen LogP contribution in [0, 0.1) is 0 Å². The minimum atomic E-state index is 0.0592. The fourth-order valence-electron chi connectivity index (χ4n) is 2.87. The standard InChI is InChI=1S/C17H29N3O/c1-13(2)21-16-7-5-15(6-8-16)17(18)12-20-10-9-19(4)11-14(20)3/h5-8,13-14,17H,9-12,18H2,1-4H3. The van der Waals surface area contributed by atoms with Gasteiger partial charge in [0.1, 0.15) is 5.75 Å². The molecule has 0 saturated carbocycles. The number of likely N-dealkylation sites (N-methyl/N-ethyl adjacent to an activating group) is 1. The van der Waals surface area contributed by atoms with Crippen LogP contribution in [0.3, 0.4) is 0 Å². The molecule has 4 heteroatoms. The van der Waals surface area contributed by atoms with Gasteiger partial charge in [-0.05, 0) is 45.5 Å². The van der Waals surface area contributed by atoms with Gasteiger partial charge in [0.05, 0.1) is 6.10 Å². The number of nitrogens with zero attached hydrogens (tertiary/aromatic N) is 2. The van der Waals surface area contributed by atoms with Gasteiger partial charge in [-0.25, -0.2) is 0 Å². The molecular formula is C17H29N3O. The second-order valence-corrected chi connectivity index (χ2v) is 6.45. The third kappa shape index (κ3) is 4.70. The van der Waals surface area contributed by atoms with E-state index in [1.807, 2.05) is 26.0 Å². The second-order valence-electron chi connectivity index (χ2n) is 6.45. The lowest BCUT2D eigenvalue weighted by Gasteiger charge is -2.39. The average Bonchev–Trinajstić information content (AvgIpc) is 2.42. The van der Waals surface area contributed by atoms with Crippen LogP contribution >= 0.6 is 0 Å². The minimum Gasteiger partial charge on any atom is -0.491 e. The number of rotatable bonds is 5. The molecule has 1 saturated heterocycles. The van der Waals surface area contributed by atoms with E-state index in [-0.39, 0.29) is 12.1 Å². The molecule has 1 heterocycles. The van der Waals surface area contributed by atoms with E-state index in [1.54, 1.807) is 0 Å². The molecule has 1 aromatic carbocycles. The average molecular weight is 291 g/mol. The van der Waals surface area contributed by atoms with Crippen molar-refractivity contribution in [1.29, 1.82) is 0 Å². The number of piperazine rings is 1. The van der Waals surface area contributed by atoms with Gasteiger partial charge >= 0.3 is 0 Å². The Morgan fingerprint density at radius 3 is 2.48 bits per heavy atom. The summed E-state index contributed by atoms with van der Waals surface area (Å²) in [5.41, 5.74) is 7.56. The van der Waals surface area contributed by atoms with Crippen molar-refractivity contribution in [2.75, 3.05) is 33.2 Å². The van der Waals surface area contributed by atoms with Crippen LogP contribution in [0.25, 0.3) is 0 Å². The van der Waals surface area contributed by atoms with Gasteiger partial charge in [0.25, 0.3) is 0 Å². The maximum Gasteiger partial charge on any atom is 0.119 e. The fraction of sp³-hybridized carbons (Fsp3) is 0.647. The zero-order chi connectivity index (χ0) is 15.4. The lowest BCUT2D eigenvalue weighted by atomic mass is 10.1.